The summed E-state index contributed by atoms with van der Waals surface area (Å²) in [6, 6.07) is 4.46. The molecule has 1 aliphatic heterocycles. The van der Waals surface area contributed by atoms with Gasteiger partial charge in [-0.3, -0.25) is 14.9 Å². The normalized spacial score (nSPS) is 22.5. The van der Waals surface area contributed by atoms with Crippen LogP contribution in [0, 0.1) is 17.1 Å². The highest BCUT2D eigenvalue weighted by atomic mass is 19.1. The molecule has 1 fully saturated rings. The van der Waals surface area contributed by atoms with Crippen molar-refractivity contribution in [2.24, 2.45) is 0 Å². The van der Waals surface area contributed by atoms with E-state index in [0.29, 0.717) is 0 Å². The number of fused-ring (bicyclic) bond motifs is 2. The topological polar surface area (TPSA) is 99.0 Å². The van der Waals surface area contributed by atoms with Crippen LogP contribution in [0.2, 0.25) is 0 Å². The molecule has 1 N–H and O–H groups in total. The molecule has 2 aromatic rings. The van der Waals surface area contributed by atoms with Crippen molar-refractivity contribution in [1.82, 2.24) is 14.9 Å². The first-order chi connectivity index (χ1) is 13.4. The molecule has 1 spiro atoms. The molecule has 2 atom stereocenters. The summed E-state index contributed by atoms with van der Waals surface area (Å²) >= 11 is 0. The van der Waals surface area contributed by atoms with Gasteiger partial charge in [-0.1, -0.05) is 11.5 Å². The van der Waals surface area contributed by atoms with E-state index in [-0.39, 0.29) is 47.6 Å². The van der Waals surface area contributed by atoms with Gasteiger partial charge in [0.1, 0.15) is 32.4 Å². The zero-order valence-electron chi connectivity index (χ0n) is 14.4. The van der Waals surface area contributed by atoms with Crippen molar-refractivity contribution in [1.29, 1.82) is 5.26 Å². The lowest BCUT2D eigenvalue weighted by Crippen LogP contribution is -2.48. The summed E-state index contributed by atoms with van der Waals surface area (Å²) in [5.74, 6) is -1.98. The predicted octanol–water partition coefficient (Wildman–Crippen LogP) is 0.355. The van der Waals surface area contributed by atoms with Crippen molar-refractivity contribution in [2.75, 3.05) is 18.4 Å². The average molecular weight is 379 g/mol. The van der Waals surface area contributed by atoms with Crippen molar-refractivity contribution in [2.45, 2.75) is 18.0 Å². The molecule has 1 aliphatic carbocycles. The van der Waals surface area contributed by atoms with Crippen LogP contribution in [0.15, 0.2) is 24.5 Å². The molecule has 1 aromatic heterocycles. The zero-order chi connectivity index (χ0) is 20.1. The lowest BCUT2D eigenvalue weighted by Gasteiger charge is -2.34. The van der Waals surface area contributed by atoms with E-state index in [1.165, 1.54) is 29.4 Å². The van der Waals surface area contributed by atoms with Gasteiger partial charge in [0, 0.05) is 17.7 Å². The largest absolute Gasteiger partial charge is 0.328 e. The number of nitrogens with one attached hydrogen (secondary N) is 1. The fourth-order valence-electron chi connectivity index (χ4n) is 3.52. The SMILES string of the molecule is [B]c1ccc2c(c1F)[C@]1(CC1F)CN(CC(=O)Nc1ncc(C#N)cn1)C2=O. The summed E-state index contributed by atoms with van der Waals surface area (Å²) in [5, 5.41) is 11.1. The van der Waals surface area contributed by atoms with Gasteiger partial charge in [0.05, 0.1) is 23.4 Å². The molecule has 2 heterocycles. The monoisotopic (exact) mass is 379 g/mol. The van der Waals surface area contributed by atoms with Crippen molar-refractivity contribution in [3.63, 3.8) is 0 Å². The van der Waals surface area contributed by atoms with E-state index in [2.05, 4.69) is 15.3 Å². The molecule has 28 heavy (non-hydrogen) atoms. The molecule has 1 unspecified atom stereocenters. The quantitative estimate of drug-likeness (QED) is 0.777. The Hall–Kier alpha value is -3.35. The number of anilines is 1. The molecule has 0 saturated heterocycles. The number of amides is 2. The minimum atomic E-state index is -1.32. The fourth-order valence-corrected chi connectivity index (χ4v) is 3.52. The van der Waals surface area contributed by atoms with Crippen molar-refractivity contribution >= 4 is 31.1 Å². The highest BCUT2D eigenvalue weighted by molar-refractivity contribution is 6.32. The van der Waals surface area contributed by atoms with E-state index in [1.807, 2.05) is 6.07 Å². The summed E-state index contributed by atoms with van der Waals surface area (Å²) in [4.78, 5) is 33.8. The summed E-state index contributed by atoms with van der Waals surface area (Å²) in [5.41, 5.74) is -1.08. The highest BCUT2D eigenvalue weighted by Crippen LogP contribution is 2.55. The molecule has 7 nitrogen and oxygen atoms in total. The second-order valence-electron chi connectivity index (χ2n) is 6.84. The van der Waals surface area contributed by atoms with E-state index in [0.717, 1.165) is 0 Å². The third-order valence-electron chi connectivity index (χ3n) is 5.01. The van der Waals surface area contributed by atoms with Crippen LogP contribution in [0.4, 0.5) is 14.7 Å². The Morgan fingerprint density at radius 1 is 1.43 bits per heavy atom. The maximum atomic E-state index is 14.5. The van der Waals surface area contributed by atoms with Gasteiger partial charge in [-0.2, -0.15) is 5.26 Å². The van der Waals surface area contributed by atoms with Crippen molar-refractivity contribution < 1.29 is 18.4 Å². The number of nitrogens with zero attached hydrogens (tertiary/aromatic N) is 4. The van der Waals surface area contributed by atoms with Gasteiger partial charge < -0.3 is 4.90 Å². The first-order valence-electron chi connectivity index (χ1n) is 8.39. The molecule has 2 amide bonds. The zero-order valence-corrected chi connectivity index (χ0v) is 14.4. The molecule has 0 bridgehead atoms. The number of nitriles is 1. The molecule has 2 radical (unpaired) electrons. The van der Waals surface area contributed by atoms with Crippen LogP contribution < -0.4 is 10.8 Å². The minimum Gasteiger partial charge on any atom is -0.328 e. The van der Waals surface area contributed by atoms with Gasteiger partial charge in [0.15, 0.2) is 0 Å². The van der Waals surface area contributed by atoms with E-state index in [4.69, 9.17) is 13.1 Å². The van der Waals surface area contributed by atoms with Gasteiger partial charge in [-0.05, 0) is 12.5 Å². The Bertz CT molecular complexity index is 1040. The van der Waals surface area contributed by atoms with Crippen LogP contribution in [0.3, 0.4) is 0 Å². The van der Waals surface area contributed by atoms with E-state index in [1.54, 1.807) is 0 Å². The fraction of sp³-hybridized carbons (Fsp3) is 0.278. The van der Waals surface area contributed by atoms with E-state index >= 15 is 0 Å². The Kier molecular flexibility index (Phi) is 4.10. The summed E-state index contributed by atoms with van der Waals surface area (Å²) in [6.07, 6.45) is 1.23. The number of aromatic nitrogens is 2. The molecule has 1 saturated carbocycles. The third kappa shape index (κ3) is 2.79. The lowest BCUT2D eigenvalue weighted by molar-refractivity contribution is -0.117. The van der Waals surface area contributed by atoms with Gasteiger partial charge in [-0.15, -0.1) is 0 Å². The molecular formula is C18H12BF2N5O2. The average Bonchev–Trinajstić information content (AvgIpc) is 3.31. The van der Waals surface area contributed by atoms with Crippen molar-refractivity contribution in [3.8, 4) is 6.07 Å². The third-order valence-corrected chi connectivity index (χ3v) is 5.01. The number of rotatable bonds is 3. The summed E-state index contributed by atoms with van der Waals surface area (Å²) < 4.78 is 28.7. The first-order valence-corrected chi connectivity index (χ1v) is 8.39. The molecule has 1 aromatic carbocycles. The Morgan fingerprint density at radius 2 is 2.11 bits per heavy atom. The molecule has 10 heteroatoms. The standard InChI is InChI=1S/C18H12BF2N5O2/c19-11-2-1-10-14(15(11)21)18(3-12(18)20)8-26(16(10)28)7-13(27)25-17-23-5-9(4-22)6-24-17/h1-2,5-6,12H,3,7-8H2,(H,23,24,25,27)/t12?,18-/m1/s1. The number of halogens is 2. The predicted molar refractivity (Wildman–Crippen MR) is 94.3 cm³/mol. The van der Waals surface area contributed by atoms with Crippen LogP contribution in [-0.2, 0) is 10.2 Å². The number of carbonyl (C=O) groups is 2. The Balaban J connectivity index is 1.56. The van der Waals surface area contributed by atoms with Gasteiger partial charge in [-0.25, -0.2) is 18.7 Å². The maximum absolute atomic E-state index is 14.5. The Morgan fingerprint density at radius 3 is 2.71 bits per heavy atom. The van der Waals surface area contributed by atoms with Crippen LogP contribution in [0.5, 0.6) is 0 Å². The number of carbonyl (C=O) groups excluding carboxylic acids is 2. The summed E-state index contributed by atoms with van der Waals surface area (Å²) in [7, 11) is 5.59. The van der Waals surface area contributed by atoms with E-state index in [9.17, 15) is 18.4 Å². The van der Waals surface area contributed by atoms with Crippen LogP contribution in [0.1, 0.15) is 27.9 Å². The second-order valence-corrected chi connectivity index (χ2v) is 6.84. The second kappa shape index (κ2) is 6.37. The van der Waals surface area contributed by atoms with Crippen molar-refractivity contribution in [3.05, 3.63) is 47.0 Å². The lowest BCUT2D eigenvalue weighted by atomic mass is 9.81. The van der Waals surface area contributed by atoms with Gasteiger partial charge in [0.2, 0.25) is 11.9 Å². The number of benzene rings is 1. The number of hydrogen-bond acceptors (Lipinski definition) is 5. The van der Waals surface area contributed by atoms with Crippen LogP contribution >= 0.6 is 0 Å². The minimum absolute atomic E-state index is 0.00270. The molecule has 4 rings (SSSR count). The van der Waals surface area contributed by atoms with Gasteiger partial charge >= 0.3 is 0 Å². The molecule has 2 aliphatic rings. The van der Waals surface area contributed by atoms with Crippen LogP contribution in [0.25, 0.3) is 0 Å². The van der Waals surface area contributed by atoms with E-state index < -0.39 is 29.2 Å². The molecular weight excluding hydrogens is 367 g/mol. The highest BCUT2D eigenvalue weighted by Gasteiger charge is 2.62. The number of hydrogen-bond donors (Lipinski definition) is 1. The first kappa shape index (κ1) is 18.0. The molecule has 138 valence electrons. The maximum Gasteiger partial charge on any atom is 0.254 e. The van der Waals surface area contributed by atoms with Gasteiger partial charge in [0.25, 0.3) is 5.91 Å². The summed E-state index contributed by atoms with van der Waals surface area (Å²) in [6.45, 7) is -0.496. The number of alkyl halides is 1. The smallest absolute Gasteiger partial charge is 0.254 e. The Labute approximate surface area is 159 Å². The van der Waals surface area contributed by atoms with Crippen LogP contribution in [-0.4, -0.2) is 53.8 Å².